The van der Waals surface area contributed by atoms with Crippen LogP contribution >= 0.6 is 0 Å². The largest absolute Gasteiger partial charge is 0.342 e. The highest BCUT2D eigenvalue weighted by atomic mass is 15.3. The van der Waals surface area contributed by atoms with Crippen molar-refractivity contribution < 1.29 is 0 Å². The summed E-state index contributed by atoms with van der Waals surface area (Å²) in [6.07, 6.45) is 3.97. The lowest BCUT2D eigenvalue weighted by molar-refractivity contribution is 0.102. The highest BCUT2D eigenvalue weighted by molar-refractivity contribution is 5.77. The van der Waals surface area contributed by atoms with Crippen LogP contribution < -0.4 is 4.90 Å². The second kappa shape index (κ2) is 4.77. The zero-order chi connectivity index (χ0) is 13.5. The number of aromatic nitrogens is 2. The van der Waals surface area contributed by atoms with Crippen LogP contribution in [-0.2, 0) is 0 Å². The number of piperidine rings is 2. The summed E-state index contributed by atoms with van der Waals surface area (Å²) >= 11 is 0. The summed E-state index contributed by atoms with van der Waals surface area (Å²) in [5, 5.41) is 0. The maximum absolute atomic E-state index is 4.75. The SMILES string of the molecule is CN1CCC[C@@H]2CN(c3nc4ccccc4[nH]3)CC[C@H]21. The Morgan fingerprint density at radius 1 is 1.20 bits per heavy atom. The zero-order valence-electron chi connectivity index (χ0n) is 12.0. The fraction of sp³-hybridized carbons (Fsp3) is 0.562. The molecule has 1 aromatic carbocycles. The molecule has 0 unspecified atom stereocenters. The zero-order valence-corrected chi connectivity index (χ0v) is 12.0. The summed E-state index contributed by atoms with van der Waals surface area (Å²) in [5.41, 5.74) is 2.22. The minimum Gasteiger partial charge on any atom is -0.342 e. The molecule has 2 saturated heterocycles. The van der Waals surface area contributed by atoms with Crippen molar-refractivity contribution in [3.8, 4) is 0 Å². The van der Waals surface area contributed by atoms with Crippen LogP contribution in [0.25, 0.3) is 11.0 Å². The van der Waals surface area contributed by atoms with Gasteiger partial charge in [0.25, 0.3) is 0 Å². The van der Waals surface area contributed by atoms with Crippen LogP contribution in [0.1, 0.15) is 19.3 Å². The van der Waals surface area contributed by atoms with Crippen molar-refractivity contribution in [3.63, 3.8) is 0 Å². The van der Waals surface area contributed by atoms with E-state index in [9.17, 15) is 0 Å². The Balaban J connectivity index is 1.57. The molecule has 0 radical (unpaired) electrons. The van der Waals surface area contributed by atoms with Crippen LogP contribution in [0.5, 0.6) is 0 Å². The predicted octanol–water partition coefficient (Wildman–Crippen LogP) is 2.48. The van der Waals surface area contributed by atoms with E-state index in [1.54, 1.807) is 0 Å². The predicted molar refractivity (Wildman–Crippen MR) is 82.1 cm³/mol. The molecule has 3 heterocycles. The minimum absolute atomic E-state index is 0.782. The maximum Gasteiger partial charge on any atom is 0.203 e. The summed E-state index contributed by atoms with van der Waals surface area (Å²) in [4.78, 5) is 13.2. The number of anilines is 1. The van der Waals surface area contributed by atoms with E-state index in [1.165, 1.54) is 25.8 Å². The number of aromatic amines is 1. The van der Waals surface area contributed by atoms with Gasteiger partial charge < -0.3 is 14.8 Å². The Morgan fingerprint density at radius 2 is 2.10 bits per heavy atom. The van der Waals surface area contributed by atoms with Gasteiger partial charge in [-0.1, -0.05) is 12.1 Å². The van der Waals surface area contributed by atoms with Crippen molar-refractivity contribution in [2.75, 3.05) is 31.6 Å². The van der Waals surface area contributed by atoms with Gasteiger partial charge >= 0.3 is 0 Å². The standard InChI is InChI=1S/C16H22N4/c1-19-9-4-5-12-11-20(10-8-15(12)19)16-17-13-6-2-3-7-14(13)18-16/h2-3,6-7,12,15H,4-5,8-11H2,1H3,(H,17,18)/t12-,15-/m1/s1. The smallest absolute Gasteiger partial charge is 0.203 e. The number of benzene rings is 1. The minimum atomic E-state index is 0.782. The molecular formula is C16H22N4. The Hall–Kier alpha value is -1.55. The molecule has 2 atom stereocenters. The quantitative estimate of drug-likeness (QED) is 0.864. The first-order chi connectivity index (χ1) is 9.81. The molecule has 0 aliphatic carbocycles. The molecule has 1 aromatic heterocycles. The molecule has 0 bridgehead atoms. The monoisotopic (exact) mass is 270 g/mol. The lowest BCUT2D eigenvalue weighted by Gasteiger charge is -2.45. The molecule has 4 rings (SSSR count). The molecule has 2 aliphatic rings. The Morgan fingerprint density at radius 3 is 3.00 bits per heavy atom. The third-order valence-corrected chi connectivity index (χ3v) is 5.02. The maximum atomic E-state index is 4.75. The summed E-state index contributed by atoms with van der Waals surface area (Å²) in [7, 11) is 2.29. The van der Waals surface area contributed by atoms with Gasteiger partial charge in [-0.25, -0.2) is 4.98 Å². The molecule has 1 N–H and O–H groups in total. The third-order valence-electron chi connectivity index (χ3n) is 5.02. The average Bonchev–Trinajstić information content (AvgIpc) is 2.91. The molecule has 20 heavy (non-hydrogen) atoms. The van der Waals surface area contributed by atoms with Crippen LogP contribution in [0.3, 0.4) is 0 Å². The van der Waals surface area contributed by atoms with Crippen LogP contribution in [0, 0.1) is 5.92 Å². The first-order valence-corrected chi connectivity index (χ1v) is 7.71. The number of imidazole rings is 1. The second-order valence-electron chi connectivity index (χ2n) is 6.26. The molecule has 2 fully saturated rings. The number of hydrogen-bond donors (Lipinski definition) is 1. The number of likely N-dealkylation sites (tertiary alicyclic amines) is 1. The van der Waals surface area contributed by atoms with Gasteiger partial charge in [-0.3, -0.25) is 0 Å². The summed E-state index contributed by atoms with van der Waals surface area (Å²) < 4.78 is 0. The van der Waals surface area contributed by atoms with Crippen LogP contribution in [0.15, 0.2) is 24.3 Å². The number of fused-ring (bicyclic) bond motifs is 2. The van der Waals surface area contributed by atoms with E-state index in [0.717, 1.165) is 42.0 Å². The Bertz CT molecular complexity index is 572. The number of rotatable bonds is 1. The molecule has 2 aromatic rings. The topological polar surface area (TPSA) is 35.2 Å². The molecule has 0 saturated carbocycles. The van der Waals surface area contributed by atoms with E-state index < -0.39 is 0 Å². The van der Waals surface area contributed by atoms with Gasteiger partial charge in [-0.05, 0) is 50.9 Å². The number of hydrogen-bond acceptors (Lipinski definition) is 3. The average molecular weight is 270 g/mol. The van der Waals surface area contributed by atoms with E-state index >= 15 is 0 Å². The van der Waals surface area contributed by atoms with Crippen molar-refractivity contribution in [1.29, 1.82) is 0 Å². The Labute approximate surface area is 119 Å². The molecule has 2 aliphatic heterocycles. The number of nitrogens with one attached hydrogen (secondary N) is 1. The second-order valence-corrected chi connectivity index (χ2v) is 6.26. The summed E-state index contributed by atoms with van der Waals surface area (Å²) in [6, 6.07) is 9.08. The lowest BCUT2D eigenvalue weighted by Crippen LogP contribution is -2.53. The highest BCUT2D eigenvalue weighted by Crippen LogP contribution is 2.31. The normalized spacial score (nSPS) is 27.8. The molecule has 0 spiro atoms. The van der Waals surface area contributed by atoms with Gasteiger partial charge in [0.1, 0.15) is 0 Å². The van der Waals surface area contributed by atoms with Crippen LogP contribution in [-0.4, -0.2) is 47.6 Å². The number of nitrogens with zero attached hydrogens (tertiary/aromatic N) is 3. The van der Waals surface area contributed by atoms with Crippen LogP contribution in [0.2, 0.25) is 0 Å². The van der Waals surface area contributed by atoms with Crippen molar-refractivity contribution >= 4 is 17.0 Å². The lowest BCUT2D eigenvalue weighted by atomic mass is 9.84. The summed E-state index contributed by atoms with van der Waals surface area (Å²) in [5.74, 6) is 1.86. The highest BCUT2D eigenvalue weighted by Gasteiger charge is 2.34. The van der Waals surface area contributed by atoms with Crippen LogP contribution in [0.4, 0.5) is 5.95 Å². The molecule has 4 nitrogen and oxygen atoms in total. The van der Waals surface area contributed by atoms with Gasteiger partial charge in [0.15, 0.2) is 0 Å². The molecule has 4 heteroatoms. The molecule has 0 amide bonds. The fourth-order valence-electron chi connectivity index (χ4n) is 3.93. The van der Waals surface area contributed by atoms with E-state index in [0.29, 0.717) is 0 Å². The molecular weight excluding hydrogens is 248 g/mol. The van der Waals surface area contributed by atoms with Gasteiger partial charge in [0.05, 0.1) is 11.0 Å². The number of para-hydroxylation sites is 2. The van der Waals surface area contributed by atoms with E-state index in [1.807, 2.05) is 0 Å². The van der Waals surface area contributed by atoms with Crippen molar-refractivity contribution in [2.45, 2.75) is 25.3 Å². The summed E-state index contributed by atoms with van der Waals surface area (Å²) in [6.45, 7) is 3.53. The number of H-pyrrole nitrogens is 1. The van der Waals surface area contributed by atoms with Gasteiger partial charge in [-0.2, -0.15) is 0 Å². The van der Waals surface area contributed by atoms with E-state index in [4.69, 9.17) is 4.98 Å². The van der Waals surface area contributed by atoms with Gasteiger partial charge in [0, 0.05) is 19.1 Å². The first kappa shape index (κ1) is 12.2. The first-order valence-electron chi connectivity index (χ1n) is 7.71. The third kappa shape index (κ3) is 1.99. The van der Waals surface area contributed by atoms with E-state index in [2.05, 4.69) is 46.1 Å². The van der Waals surface area contributed by atoms with E-state index in [-0.39, 0.29) is 0 Å². The Kier molecular flexibility index (Phi) is 2.91. The van der Waals surface area contributed by atoms with Crippen molar-refractivity contribution in [3.05, 3.63) is 24.3 Å². The van der Waals surface area contributed by atoms with Gasteiger partial charge in [0.2, 0.25) is 5.95 Å². The fourth-order valence-corrected chi connectivity index (χ4v) is 3.93. The molecule has 106 valence electrons. The van der Waals surface area contributed by atoms with Gasteiger partial charge in [-0.15, -0.1) is 0 Å². The van der Waals surface area contributed by atoms with Crippen molar-refractivity contribution in [1.82, 2.24) is 14.9 Å². The van der Waals surface area contributed by atoms with Crippen molar-refractivity contribution in [2.24, 2.45) is 5.92 Å².